The smallest absolute Gasteiger partial charge is 0.496 e. The Hall–Kier alpha value is -6.24. The summed E-state index contributed by atoms with van der Waals surface area (Å²) in [5, 5.41) is 28.0. The number of nitrogens with zero attached hydrogens (tertiary/aromatic N) is 3. The van der Waals surface area contributed by atoms with Crippen molar-refractivity contribution in [2.24, 2.45) is 22.2 Å². The molecule has 2 saturated heterocycles. The fourth-order valence-corrected chi connectivity index (χ4v) is 17.8. The topological polar surface area (TPSA) is 195 Å². The summed E-state index contributed by atoms with van der Waals surface area (Å²) in [6.45, 7) is 20.8. The van der Waals surface area contributed by atoms with Crippen LogP contribution in [0.25, 0.3) is 0 Å². The van der Waals surface area contributed by atoms with Gasteiger partial charge in [-0.25, -0.2) is 14.7 Å². The van der Waals surface area contributed by atoms with Crippen LogP contribution in [0.1, 0.15) is 138 Å². The van der Waals surface area contributed by atoms with E-state index in [0.29, 0.717) is 119 Å². The summed E-state index contributed by atoms with van der Waals surface area (Å²) >= 11 is 0. The summed E-state index contributed by atoms with van der Waals surface area (Å²) in [5.41, 5.74) is -0.554. The van der Waals surface area contributed by atoms with Crippen LogP contribution < -0.4 is 15.1 Å². The van der Waals surface area contributed by atoms with Crippen LogP contribution in [0.2, 0.25) is 0 Å². The van der Waals surface area contributed by atoms with E-state index in [4.69, 9.17) is 33.3 Å². The molecule has 12 atom stereocenters. The number of anilines is 2. The normalized spacial score (nSPS) is 35.1. The number of ether oxygens (including phenoxy) is 6. The molecular formula is C69H92N4O13. The predicted molar refractivity (Wildman–Crippen MR) is 328 cm³/mol. The molecule has 1 saturated carbocycles. The number of para-hydroxylation sites is 1. The molecule has 2 aromatic rings. The standard InChI is InChI=1S/C69H92N4O13/c1-14-65(79)37-46-38-68(60(76)81-11,56(27-21-30-71(41-46)42-65)70-47-23-17-16-18-24-47)53-35-52-54(36-55(53)80-10)73(83-13)58-67(52)29-32-72-31-22-28-66(15-2,57(67)72)59(84-45(5)74)69(58,61(77)82-12)86-62(78)85-49-34-44(4)51(64(8,9)40-49)26-20-19-25-50-43(3)33-48(75)39-63(50,6)7/h16-20,22-28,35-36,46,48-49,57-59,70,75,79H,14-15,21,29-34,37-42H2,1-13H3/b25-19+,26-20+,56-27-/t46-,48+,49?,57+,58-,59-,65?,66-,67-,68+,69+/m1/s1. The minimum absolute atomic E-state index is 0.160. The van der Waals surface area contributed by atoms with Crippen LogP contribution in [0.4, 0.5) is 16.2 Å². The van der Waals surface area contributed by atoms with E-state index in [1.54, 1.807) is 12.2 Å². The first-order valence-corrected chi connectivity index (χ1v) is 31.0. The molecule has 0 aromatic heterocycles. The Kier molecular flexibility index (Phi) is 17.3. The lowest BCUT2D eigenvalue weighted by molar-refractivity contribution is -0.238. The Morgan fingerprint density at radius 3 is 2.10 bits per heavy atom. The van der Waals surface area contributed by atoms with Crippen molar-refractivity contribution >= 4 is 35.4 Å². The van der Waals surface area contributed by atoms with Gasteiger partial charge in [-0.3, -0.25) is 24.2 Å². The van der Waals surface area contributed by atoms with Crippen molar-refractivity contribution in [2.75, 3.05) is 71.5 Å². The third-order valence-electron chi connectivity index (χ3n) is 20.9. The van der Waals surface area contributed by atoms with Gasteiger partial charge in [-0.1, -0.05) is 113 Å². The second-order valence-electron chi connectivity index (χ2n) is 27.1. The number of benzene rings is 2. The van der Waals surface area contributed by atoms with Gasteiger partial charge in [0.05, 0.1) is 45.8 Å². The number of allylic oxidation sites excluding steroid dienone is 6. The van der Waals surface area contributed by atoms with Crippen LogP contribution in [-0.4, -0.2) is 147 Å². The highest BCUT2D eigenvalue weighted by Crippen LogP contribution is 2.69. The number of carbonyl (C=O) groups excluding carboxylic acids is 4. The number of aliphatic hydroxyl groups excluding tert-OH is 1. The zero-order valence-electron chi connectivity index (χ0n) is 52.9. The number of hydroxylamine groups is 1. The molecule has 5 heterocycles. The maximum Gasteiger partial charge on any atom is 0.509 e. The highest BCUT2D eigenvalue weighted by atomic mass is 16.8. The number of fused-ring (bicyclic) bond motifs is 3. The van der Waals surface area contributed by atoms with Crippen LogP contribution in [0.15, 0.2) is 113 Å². The second kappa shape index (κ2) is 23.7. The quantitative estimate of drug-likeness (QED) is 0.0659. The number of nitrogens with one attached hydrogen (secondary N) is 1. The molecule has 1 spiro atoms. The van der Waals surface area contributed by atoms with E-state index >= 15 is 14.4 Å². The van der Waals surface area contributed by atoms with E-state index in [1.807, 2.05) is 81.5 Å². The van der Waals surface area contributed by atoms with Crippen LogP contribution in [0.5, 0.6) is 5.75 Å². The summed E-state index contributed by atoms with van der Waals surface area (Å²) in [6, 6.07) is 11.8. The second-order valence-corrected chi connectivity index (χ2v) is 27.1. The monoisotopic (exact) mass is 1180 g/mol. The van der Waals surface area contributed by atoms with Crippen LogP contribution in [-0.2, 0) is 53.7 Å². The number of esters is 3. The lowest BCUT2D eigenvalue weighted by Crippen LogP contribution is -2.82. The van der Waals surface area contributed by atoms with E-state index in [0.717, 1.165) is 16.8 Å². The molecule has 0 amide bonds. The van der Waals surface area contributed by atoms with E-state index in [2.05, 4.69) is 74.0 Å². The Balaban J connectivity index is 1.12. The van der Waals surface area contributed by atoms with Crippen LogP contribution >= 0.6 is 0 Å². The molecule has 10 rings (SSSR count). The van der Waals surface area contributed by atoms with Gasteiger partial charge in [-0.2, -0.15) is 0 Å². The Morgan fingerprint density at radius 1 is 0.802 bits per heavy atom. The Bertz CT molecular complexity index is 3160. The number of hydrogen-bond acceptors (Lipinski definition) is 17. The van der Waals surface area contributed by atoms with Crippen molar-refractivity contribution in [1.29, 1.82) is 0 Å². The largest absolute Gasteiger partial charge is 0.509 e. The van der Waals surface area contributed by atoms with Crippen molar-refractivity contribution in [1.82, 2.24) is 9.80 Å². The van der Waals surface area contributed by atoms with E-state index in [-0.39, 0.29) is 23.9 Å². The number of methoxy groups -OCH3 is 3. The zero-order chi connectivity index (χ0) is 61.9. The maximum atomic E-state index is 15.8. The first-order valence-electron chi connectivity index (χ1n) is 31.0. The molecule has 3 N–H and O–H groups in total. The number of carbonyl (C=O) groups is 4. The fourth-order valence-electron chi connectivity index (χ4n) is 17.8. The van der Waals surface area contributed by atoms with Gasteiger partial charge in [0.15, 0.2) is 6.10 Å². The number of rotatable bonds is 15. The van der Waals surface area contributed by atoms with Crippen molar-refractivity contribution in [3.63, 3.8) is 0 Å². The molecule has 3 fully saturated rings. The molecule has 0 radical (unpaired) electrons. The Labute approximate surface area is 508 Å². The minimum Gasteiger partial charge on any atom is -0.496 e. The number of hydrogen-bond donors (Lipinski definition) is 3. The highest BCUT2D eigenvalue weighted by molar-refractivity contribution is 5.92. The van der Waals surface area contributed by atoms with Crippen LogP contribution in [0.3, 0.4) is 0 Å². The first kappa shape index (κ1) is 62.8. The molecule has 3 aliphatic carbocycles. The van der Waals surface area contributed by atoms with E-state index < -0.39 is 81.2 Å². The van der Waals surface area contributed by atoms with Crippen LogP contribution in [0, 0.1) is 22.2 Å². The molecule has 2 aromatic carbocycles. The SMILES string of the molecule is CCC1(O)C[C@H]2CN(CC/C=C(\Nc3ccccc3)[C@@](C(=O)OC)(c3cc4c(cc3OC)N(OC)[C@H]3[C@@](OC(=O)OC5CC(C)=C(/C=C/C=C/C6=C(C)C[C@H](O)CC6(C)C)C(C)(C)C5)(C(=O)OC)[C@H](OC(C)=O)[C@]5(CC)C=CCN6CC[C@]43[C@@H]65)C2)C1. The predicted octanol–water partition coefficient (Wildman–Crippen LogP) is 10.5. The minimum atomic E-state index is -2.48. The Morgan fingerprint density at radius 2 is 1.49 bits per heavy atom. The summed E-state index contributed by atoms with van der Waals surface area (Å²) < 4.78 is 38.4. The summed E-state index contributed by atoms with van der Waals surface area (Å²) in [4.78, 5) is 72.1. The van der Waals surface area contributed by atoms with E-state index in [1.165, 1.54) is 39.4 Å². The molecule has 5 aliphatic heterocycles. The molecule has 466 valence electrons. The lowest BCUT2D eigenvalue weighted by atomic mass is 9.47. The van der Waals surface area contributed by atoms with Crippen molar-refractivity contribution in [3.8, 4) is 5.75 Å². The molecule has 8 aliphatic rings. The molecule has 2 bridgehead atoms. The molecule has 17 nitrogen and oxygen atoms in total. The average molecular weight is 1190 g/mol. The van der Waals surface area contributed by atoms with Gasteiger partial charge >= 0.3 is 24.1 Å². The molecule has 17 heteroatoms. The molecule has 86 heavy (non-hydrogen) atoms. The van der Waals surface area contributed by atoms with Crippen molar-refractivity contribution < 1.29 is 62.6 Å². The summed E-state index contributed by atoms with van der Waals surface area (Å²) in [7, 11) is 5.68. The van der Waals surface area contributed by atoms with E-state index in [9.17, 15) is 15.0 Å². The van der Waals surface area contributed by atoms with Gasteiger partial charge in [0.25, 0.3) is 5.60 Å². The van der Waals surface area contributed by atoms with Gasteiger partial charge in [0.1, 0.15) is 23.3 Å². The van der Waals surface area contributed by atoms with Crippen molar-refractivity contribution in [3.05, 3.63) is 124 Å². The van der Waals surface area contributed by atoms with Gasteiger partial charge in [0.2, 0.25) is 0 Å². The van der Waals surface area contributed by atoms with Gasteiger partial charge < -0.3 is 44.0 Å². The summed E-state index contributed by atoms with van der Waals surface area (Å²) in [6.07, 6.45) is 15.5. The number of piperidine rings is 1. The van der Waals surface area contributed by atoms with Gasteiger partial charge in [-0.05, 0) is 130 Å². The third kappa shape index (κ3) is 10.4. The third-order valence-corrected chi connectivity index (χ3v) is 20.9. The molecule has 3 unspecified atom stereocenters. The lowest BCUT2D eigenvalue weighted by Gasteiger charge is -2.63. The average Bonchev–Trinajstić information content (AvgIpc) is 1.49. The highest BCUT2D eigenvalue weighted by Gasteiger charge is 2.83. The maximum absolute atomic E-state index is 15.8. The van der Waals surface area contributed by atoms with Gasteiger partial charge in [0, 0.05) is 79.4 Å². The fraction of sp³-hybridized carbons (Fsp3) is 0.594. The number of aliphatic hydroxyl groups is 2. The summed E-state index contributed by atoms with van der Waals surface area (Å²) in [5.74, 6) is -2.09. The molecular weight excluding hydrogens is 1090 g/mol. The van der Waals surface area contributed by atoms with Gasteiger partial charge in [-0.15, -0.1) is 0 Å². The first-order chi connectivity index (χ1) is 40.9. The zero-order valence-corrected chi connectivity index (χ0v) is 52.9. The van der Waals surface area contributed by atoms with Crippen molar-refractivity contribution in [2.45, 2.75) is 179 Å².